The summed E-state index contributed by atoms with van der Waals surface area (Å²) >= 11 is 1.66. The Kier molecular flexibility index (Phi) is 3.39. The molecule has 0 unspecified atom stereocenters. The van der Waals surface area contributed by atoms with Gasteiger partial charge in [-0.15, -0.1) is 11.8 Å². The van der Waals surface area contributed by atoms with Crippen molar-refractivity contribution < 1.29 is 14.7 Å². The minimum absolute atomic E-state index is 0.0101. The number of rotatable bonds is 1. The number of hydrogen-bond acceptors (Lipinski definition) is 4. The second-order valence-corrected chi connectivity index (χ2v) is 5.54. The Labute approximate surface area is 98.4 Å². The summed E-state index contributed by atoms with van der Waals surface area (Å²) in [5.74, 6) is -0.268. The molecule has 16 heavy (non-hydrogen) atoms. The van der Waals surface area contributed by atoms with Gasteiger partial charge in [0.1, 0.15) is 6.04 Å². The number of piperidine rings is 1. The SMILES string of the molecule is N[C@H]1CCS[C@H]2CCC[C@@H](C(=O)O)N2C1=O. The zero-order valence-corrected chi connectivity index (χ0v) is 9.78. The summed E-state index contributed by atoms with van der Waals surface area (Å²) in [4.78, 5) is 24.7. The number of aliphatic carboxylic acids is 1. The predicted molar refractivity (Wildman–Crippen MR) is 61.0 cm³/mol. The van der Waals surface area contributed by atoms with Crippen molar-refractivity contribution in [2.24, 2.45) is 5.73 Å². The number of carboxylic acids is 1. The van der Waals surface area contributed by atoms with Crippen molar-refractivity contribution in [3.8, 4) is 0 Å². The molecule has 0 aliphatic carbocycles. The van der Waals surface area contributed by atoms with Gasteiger partial charge in [0.25, 0.3) is 0 Å². The summed E-state index contributed by atoms with van der Waals surface area (Å²) in [7, 11) is 0. The first-order valence-electron chi connectivity index (χ1n) is 5.53. The van der Waals surface area contributed by atoms with Gasteiger partial charge in [-0.3, -0.25) is 4.79 Å². The monoisotopic (exact) mass is 244 g/mol. The van der Waals surface area contributed by atoms with Crippen molar-refractivity contribution in [3.63, 3.8) is 0 Å². The highest BCUT2D eigenvalue weighted by Crippen LogP contribution is 2.33. The third kappa shape index (κ3) is 2.04. The lowest BCUT2D eigenvalue weighted by molar-refractivity contribution is -0.153. The van der Waals surface area contributed by atoms with Crippen molar-refractivity contribution in [2.45, 2.75) is 43.1 Å². The van der Waals surface area contributed by atoms with E-state index in [4.69, 9.17) is 10.8 Å². The number of fused-ring (bicyclic) bond motifs is 1. The van der Waals surface area contributed by atoms with Crippen LogP contribution < -0.4 is 5.73 Å². The smallest absolute Gasteiger partial charge is 0.326 e. The lowest BCUT2D eigenvalue weighted by Crippen LogP contribution is -2.55. The van der Waals surface area contributed by atoms with E-state index in [1.54, 1.807) is 11.8 Å². The van der Waals surface area contributed by atoms with Crippen LogP contribution in [0.5, 0.6) is 0 Å². The van der Waals surface area contributed by atoms with Gasteiger partial charge in [-0.1, -0.05) is 0 Å². The van der Waals surface area contributed by atoms with Gasteiger partial charge in [0, 0.05) is 0 Å². The molecule has 0 bridgehead atoms. The molecule has 0 aromatic rings. The van der Waals surface area contributed by atoms with Gasteiger partial charge in [0.05, 0.1) is 11.4 Å². The number of carbonyl (C=O) groups excluding carboxylic acids is 1. The largest absolute Gasteiger partial charge is 0.480 e. The second kappa shape index (κ2) is 4.63. The average molecular weight is 244 g/mol. The first-order valence-corrected chi connectivity index (χ1v) is 6.58. The molecule has 3 N–H and O–H groups in total. The number of nitrogens with zero attached hydrogens (tertiary/aromatic N) is 1. The minimum atomic E-state index is -0.909. The average Bonchev–Trinajstić information content (AvgIpc) is 2.40. The van der Waals surface area contributed by atoms with Gasteiger partial charge in [0.2, 0.25) is 5.91 Å². The molecule has 2 heterocycles. The van der Waals surface area contributed by atoms with Crippen LogP contribution in [0.2, 0.25) is 0 Å². The summed E-state index contributed by atoms with van der Waals surface area (Å²) in [6, 6.07) is -1.21. The Morgan fingerprint density at radius 3 is 2.88 bits per heavy atom. The zero-order chi connectivity index (χ0) is 11.7. The molecule has 6 heteroatoms. The molecule has 90 valence electrons. The summed E-state index contributed by atoms with van der Waals surface area (Å²) in [6.07, 6.45) is 2.94. The molecule has 2 aliphatic heterocycles. The number of carbonyl (C=O) groups is 2. The Balaban J connectivity index is 2.25. The van der Waals surface area contributed by atoms with Crippen LogP contribution in [0.1, 0.15) is 25.7 Å². The fraction of sp³-hybridized carbons (Fsp3) is 0.800. The summed E-state index contributed by atoms with van der Waals surface area (Å²) in [5.41, 5.74) is 5.75. The van der Waals surface area contributed by atoms with Crippen molar-refractivity contribution in [1.29, 1.82) is 0 Å². The third-order valence-corrected chi connectivity index (χ3v) is 4.49. The predicted octanol–water partition coefficient (Wildman–Crippen LogP) is 0.242. The van der Waals surface area contributed by atoms with Gasteiger partial charge < -0.3 is 15.7 Å². The standard InChI is InChI=1S/C10H16N2O3S/c11-6-4-5-16-8-3-1-2-7(10(14)15)12(8)9(6)13/h6-8H,1-5,11H2,(H,14,15)/t6-,7-,8-/m0/s1. The molecule has 0 spiro atoms. The number of carboxylic acid groups (broad SMARTS) is 1. The number of thioether (sulfide) groups is 1. The van der Waals surface area contributed by atoms with Gasteiger partial charge in [-0.05, 0) is 31.4 Å². The van der Waals surface area contributed by atoms with Crippen LogP contribution in [0, 0.1) is 0 Å². The van der Waals surface area contributed by atoms with Gasteiger partial charge in [0.15, 0.2) is 0 Å². The third-order valence-electron chi connectivity index (χ3n) is 3.17. The van der Waals surface area contributed by atoms with Crippen LogP contribution in [-0.2, 0) is 9.59 Å². The van der Waals surface area contributed by atoms with E-state index in [0.29, 0.717) is 12.8 Å². The maximum atomic E-state index is 12.0. The normalized spacial score (nSPS) is 35.4. The van der Waals surface area contributed by atoms with Crippen LogP contribution in [0.4, 0.5) is 0 Å². The molecule has 0 aromatic carbocycles. The van der Waals surface area contributed by atoms with Gasteiger partial charge >= 0.3 is 5.97 Å². The molecule has 0 aromatic heterocycles. The van der Waals surface area contributed by atoms with E-state index in [-0.39, 0.29) is 11.3 Å². The Hall–Kier alpha value is -0.750. The van der Waals surface area contributed by atoms with Crippen molar-refractivity contribution in [1.82, 2.24) is 4.90 Å². The van der Waals surface area contributed by atoms with E-state index in [0.717, 1.165) is 18.6 Å². The zero-order valence-electron chi connectivity index (χ0n) is 8.96. The van der Waals surface area contributed by atoms with E-state index in [1.807, 2.05) is 0 Å². The van der Waals surface area contributed by atoms with Crippen molar-refractivity contribution >= 4 is 23.6 Å². The molecule has 2 saturated heterocycles. The van der Waals surface area contributed by atoms with Crippen LogP contribution in [-0.4, -0.2) is 45.1 Å². The molecule has 2 rings (SSSR count). The molecule has 3 atom stereocenters. The molecular weight excluding hydrogens is 228 g/mol. The number of hydrogen-bond donors (Lipinski definition) is 2. The van der Waals surface area contributed by atoms with E-state index in [2.05, 4.69) is 0 Å². The molecule has 5 nitrogen and oxygen atoms in total. The first-order chi connectivity index (χ1) is 7.61. The number of amides is 1. The Morgan fingerprint density at radius 2 is 2.19 bits per heavy atom. The second-order valence-electron chi connectivity index (χ2n) is 4.25. The lowest BCUT2D eigenvalue weighted by Gasteiger charge is -2.39. The quantitative estimate of drug-likeness (QED) is 0.690. The molecular formula is C10H16N2O3S. The summed E-state index contributed by atoms with van der Waals surface area (Å²) in [6.45, 7) is 0. The van der Waals surface area contributed by atoms with E-state index in [1.165, 1.54) is 4.90 Å². The van der Waals surface area contributed by atoms with Crippen molar-refractivity contribution in [3.05, 3.63) is 0 Å². The summed E-state index contributed by atoms with van der Waals surface area (Å²) < 4.78 is 0. The highest BCUT2D eigenvalue weighted by Gasteiger charge is 2.41. The van der Waals surface area contributed by atoms with E-state index >= 15 is 0 Å². The highest BCUT2D eigenvalue weighted by atomic mass is 32.2. The van der Waals surface area contributed by atoms with Crippen LogP contribution >= 0.6 is 11.8 Å². The Morgan fingerprint density at radius 1 is 1.44 bits per heavy atom. The Bertz CT molecular complexity index is 310. The number of nitrogens with two attached hydrogens (primary N) is 1. The fourth-order valence-corrected chi connectivity index (χ4v) is 3.72. The van der Waals surface area contributed by atoms with Gasteiger partial charge in [-0.25, -0.2) is 4.79 Å². The molecule has 0 radical (unpaired) electrons. The molecule has 0 saturated carbocycles. The van der Waals surface area contributed by atoms with Crippen LogP contribution in [0.15, 0.2) is 0 Å². The lowest BCUT2D eigenvalue weighted by atomic mass is 10.0. The van der Waals surface area contributed by atoms with E-state index < -0.39 is 18.1 Å². The minimum Gasteiger partial charge on any atom is -0.480 e. The van der Waals surface area contributed by atoms with E-state index in [9.17, 15) is 9.59 Å². The molecule has 2 fully saturated rings. The molecule has 2 aliphatic rings. The molecule has 1 amide bonds. The van der Waals surface area contributed by atoms with Crippen LogP contribution in [0.25, 0.3) is 0 Å². The highest BCUT2D eigenvalue weighted by molar-refractivity contribution is 7.99. The van der Waals surface area contributed by atoms with Crippen molar-refractivity contribution in [2.75, 3.05) is 5.75 Å². The maximum Gasteiger partial charge on any atom is 0.326 e. The summed E-state index contributed by atoms with van der Waals surface area (Å²) in [5, 5.41) is 9.14. The first kappa shape index (κ1) is 11.7. The fourth-order valence-electron chi connectivity index (χ4n) is 2.31. The topological polar surface area (TPSA) is 83.6 Å². The maximum absolute atomic E-state index is 12.0. The van der Waals surface area contributed by atoms with Gasteiger partial charge in [-0.2, -0.15) is 0 Å². The van der Waals surface area contributed by atoms with Crippen LogP contribution in [0.3, 0.4) is 0 Å².